The van der Waals surface area contributed by atoms with Gasteiger partial charge in [0.05, 0.1) is 67.0 Å². The number of aromatic nitrogens is 6. The zero-order valence-electron chi connectivity index (χ0n) is 56.9. The number of unbranched alkanes of at least 4 members (excludes halogenated alkanes) is 1. The maximum atomic E-state index is 11.1. The molecule has 0 saturated heterocycles. The fourth-order valence-corrected chi connectivity index (χ4v) is 9.37. The minimum atomic E-state index is -0.884. The Bertz CT molecular complexity index is 3470. The average molecular weight is 1320 g/mol. The number of aromatic hydroxyl groups is 4. The second-order valence-corrected chi connectivity index (χ2v) is 23.9. The van der Waals surface area contributed by atoms with Crippen molar-refractivity contribution in [2.45, 2.75) is 151 Å². The maximum absolute atomic E-state index is 11.1. The van der Waals surface area contributed by atoms with E-state index in [0.717, 1.165) is 65.5 Å². The Labute approximate surface area is 562 Å². The minimum absolute atomic E-state index is 0.00278. The van der Waals surface area contributed by atoms with Crippen LogP contribution in [0.5, 0.6) is 46.0 Å². The van der Waals surface area contributed by atoms with Gasteiger partial charge in [-0.2, -0.15) is 0 Å². The first-order valence-electron chi connectivity index (χ1n) is 32.7. The van der Waals surface area contributed by atoms with Gasteiger partial charge in [0.25, 0.3) is 0 Å². The lowest BCUT2D eigenvalue weighted by molar-refractivity contribution is -0.0192. The molecule has 7 atom stereocenters. The summed E-state index contributed by atoms with van der Waals surface area (Å²) in [6.45, 7) is 22.9. The Balaban J connectivity index is 0.000000290. The van der Waals surface area contributed by atoms with Crippen LogP contribution >= 0.6 is 0 Å². The monoisotopic (exact) mass is 1320 g/mol. The standard InChI is InChI=1S/C42H57N3O12.C32H37N3O4/c1-7-25(4)52-19-28(46)22-55-31-10-13-34(37(49)16-31)40-43-41(35-14-11-32(17-38(35)50)56-23-29(47)20-53-26(5)8-2)45-42(44-40)36-15-12-33(18-39(36)51)57-24-30(48)21-54-27(6)9-3;1-6-7-14-38-18-24(36)19-39-25-10-13-28(29(37)17-25)32-34-30(26-11-8-20(2)15-22(26)4)33-31(35-32)27-12-9-21(3)16-23(27)5/h10-18,25-30,46-51H,7-9,19-24H2,1-6H3;8-13,15-17,24,36-37H,6-7,14,18-19H2,1-5H3. The van der Waals surface area contributed by atoms with Crippen LogP contribution in [-0.4, -0.2) is 173 Å². The van der Waals surface area contributed by atoms with E-state index in [4.69, 9.17) is 52.8 Å². The van der Waals surface area contributed by atoms with Crippen LogP contribution in [0.2, 0.25) is 0 Å². The number of aryl methyl sites for hydroxylation is 4. The lowest BCUT2D eigenvalue weighted by Crippen LogP contribution is -2.25. The molecule has 0 saturated carbocycles. The summed E-state index contributed by atoms with van der Waals surface area (Å²) in [7, 11) is 0. The predicted molar refractivity (Wildman–Crippen MR) is 367 cm³/mol. The molecule has 22 nitrogen and oxygen atoms in total. The predicted octanol–water partition coefficient (Wildman–Crippen LogP) is 12.0. The van der Waals surface area contributed by atoms with Gasteiger partial charge in [-0.15, -0.1) is 0 Å². The summed E-state index contributed by atoms with van der Waals surface area (Å²) >= 11 is 0. The maximum Gasteiger partial charge on any atom is 0.167 e. The summed E-state index contributed by atoms with van der Waals surface area (Å²) < 4.78 is 44.9. The molecule has 0 fully saturated rings. The van der Waals surface area contributed by atoms with Crippen molar-refractivity contribution in [2.24, 2.45) is 0 Å². The summed E-state index contributed by atoms with van der Waals surface area (Å²) in [5.74, 6) is 2.00. The molecule has 0 aliphatic carbocycles. The SMILES string of the molecule is CCC(C)OCC(O)COc1ccc(-c2nc(-c3ccc(OCC(O)COC(C)CC)cc3O)nc(-c3ccc(OCC(O)COC(C)CC)cc3O)n2)c(O)c1.CCCCOCC(O)COc1ccc(-c2nc(-c3ccc(C)cc3C)nc(-c3ccc(C)cc3C)n2)c(O)c1. The van der Waals surface area contributed by atoms with Crippen molar-refractivity contribution in [2.75, 3.05) is 59.5 Å². The number of rotatable bonds is 35. The molecule has 96 heavy (non-hydrogen) atoms. The van der Waals surface area contributed by atoms with E-state index in [1.165, 1.54) is 42.5 Å². The van der Waals surface area contributed by atoms with Gasteiger partial charge < -0.3 is 78.7 Å². The van der Waals surface area contributed by atoms with Crippen LogP contribution in [0.15, 0.2) is 109 Å². The molecule has 2 aromatic heterocycles. The largest absolute Gasteiger partial charge is 0.507 e. The molecule has 8 rings (SSSR count). The Morgan fingerprint density at radius 3 is 0.844 bits per heavy atom. The lowest BCUT2D eigenvalue weighted by atomic mass is 10.0. The van der Waals surface area contributed by atoms with Gasteiger partial charge in [-0.3, -0.25) is 0 Å². The van der Waals surface area contributed by atoms with Gasteiger partial charge in [0.15, 0.2) is 34.9 Å². The summed E-state index contributed by atoms with van der Waals surface area (Å²) in [6, 6.07) is 30.7. The third kappa shape index (κ3) is 22.5. The third-order valence-electron chi connectivity index (χ3n) is 15.5. The fourth-order valence-electron chi connectivity index (χ4n) is 9.37. The fraction of sp³-hybridized carbons (Fsp3) is 0.432. The molecule has 8 N–H and O–H groups in total. The Morgan fingerprint density at radius 1 is 0.333 bits per heavy atom. The van der Waals surface area contributed by atoms with E-state index in [2.05, 4.69) is 47.9 Å². The quantitative estimate of drug-likeness (QED) is 0.0171. The van der Waals surface area contributed by atoms with Crippen molar-refractivity contribution >= 4 is 0 Å². The zero-order chi connectivity index (χ0) is 69.4. The molecule has 7 unspecified atom stereocenters. The van der Waals surface area contributed by atoms with Gasteiger partial charge in [0, 0.05) is 42.0 Å². The van der Waals surface area contributed by atoms with E-state index in [-0.39, 0.29) is 146 Å². The van der Waals surface area contributed by atoms with Gasteiger partial charge in [-0.05, 0) is 134 Å². The Morgan fingerprint density at radius 2 is 0.594 bits per heavy atom. The summed E-state index contributed by atoms with van der Waals surface area (Å²) in [6.07, 6.45) is 1.00. The summed E-state index contributed by atoms with van der Waals surface area (Å²) in [5.41, 5.74) is 7.28. The number of hydrogen-bond acceptors (Lipinski definition) is 22. The third-order valence-corrected chi connectivity index (χ3v) is 15.5. The van der Waals surface area contributed by atoms with Crippen LogP contribution in [-0.2, 0) is 18.9 Å². The summed E-state index contributed by atoms with van der Waals surface area (Å²) in [5, 5.41) is 85.4. The summed E-state index contributed by atoms with van der Waals surface area (Å²) in [4.78, 5) is 28.1. The van der Waals surface area contributed by atoms with Crippen molar-refractivity contribution in [3.05, 3.63) is 131 Å². The van der Waals surface area contributed by atoms with Crippen molar-refractivity contribution in [3.8, 4) is 114 Å². The van der Waals surface area contributed by atoms with E-state index in [1.807, 2.05) is 79.7 Å². The molecule has 0 bridgehead atoms. The molecular weight excluding hydrogens is 1230 g/mol. The molecule has 6 aromatic carbocycles. The van der Waals surface area contributed by atoms with Gasteiger partial charge in [-0.25, -0.2) is 29.9 Å². The second-order valence-electron chi connectivity index (χ2n) is 23.9. The van der Waals surface area contributed by atoms with Gasteiger partial charge in [-0.1, -0.05) is 81.6 Å². The highest BCUT2D eigenvalue weighted by atomic mass is 16.5. The van der Waals surface area contributed by atoms with E-state index in [1.54, 1.807) is 30.3 Å². The van der Waals surface area contributed by atoms with Crippen molar-refractivity contribution in [1.82, 2.24) is 29.9 Å². The molecule has 0 radical (unpaired) electrons. The number of phenolic OH excluding ortho intramolecular Hbond substituents is 4. The van der Waals surface area contributed by atoms with Crippen molar-refractivity contribution < 1.29 is 78.7 Å². The van der Waals surface area contributed by atoms with Crippen LogP contribution in [0.25, 0.3) is 68.3 Å². The van der Waals surface area contributed by atoms with E-state index >= 15 is 0 Å². The molecule has 0 amide bonds. The van der Waals surface area contributed by atoms with E-state index in [9.17, 15) is 40.9 Å². The number of aliphatic hydroxyl groups is 4. The van der Waals surface area contributed by atoms with E-state index in [0.29, 0.717) is 35.4 Å². The van der Waals surface area contributed by atoms with Crippen LogP contribution < -0.4 is 18.9 Å². The Kier molecular flexibility index (Phi) is 28.9. The highest BCUT2D eigenvalue weighted by Gasteiger charge is 2.23. The lowest BCUT2D eigenvalue weighted by Gasteiger charge is -2.17. The molecule has 8 aromatic rings. The number of nitrogens with zero attached hydrogens (tertiary/aromatic N) is 6. The molecule has 516 valence electrons. The average Bonchev–Trinajstić information content (AvgIpc) is 0.792. The normalized spacial score (nSPS) is 13.6. The van der Waals surface area contributed by atoms with Crippen LogP contribution in [0.4, 0.5) is 0 Å². The number of benzene rings is 6. The molecule has 22 heteroatoms. The molecule has 0 aliphatic rings. The minimum Gasteiger partial charge on any atom is -0.507 e. The first-order chi connectivity index (χ1) is 46.0. The van der Waals surface area contributed by atoms with Gasteiger partial charge in [0.1, 0.15) is 96.8 Å². The zero-order valence-corrected chi connectivity index (χ0v) is 56.9. The number of ether oxygens (including phenoxy) is 8. The first-order valence-corrected chi connectivity index (χ1v) is 32.7. The number of hydrogen-bond donors (Lipinski definition) is 8. The second kappa shape index (κ2) is 37.1. The highest BCUT2D eigenvalue weighted by molar-refractivity contribution is 5.76. The molecule has 0 spiro atoms. The molecule has 0 aliphatic heterocycles. The Hall–Kier alpha value is -8.58. The first kappa shape index (κ1) is 74.8. The van der Waals surface area contributed by atoms with Crippen LogP contribution in [0.3, 0.4) is 0 Å². The molecular formula is C74H94N6O16. The van der Waals surface area contributed by atoms with Gasteiger partial charge >= 0.3 is 0 Å². The highest BCUT2D eigenvalue weighted by Crippen LogP contribution is 2.39. The molecule has 2 heterocycles. The van der Waals surface area contributed by atoms with Crippen LogP contribution in [0.1, 0.15) is 103 Å². The van der Waals surface area contributed by atoms with Gasteiger partial charge in [0.2, 0.25) is 0 Å². The van der Waals surface area contributed by atoms with Crippen molar-refractivity contribution in [3.63, 3.8) is 0 Å². The van der Waals surface area contributed by atoms with Crippen molar-refractivity contribution in [1.29, 1.82) is 0 Å². The number of phenols is 4. The topological polar surface area (TPSA) is 313 Å². The smallest absolute Gasteiger partial charge is 0.167 e. The number of aliphatic hydroxyl groups excluding tert-OH is 4. The van der Waals surface area contributed by atoms with E-state index < -0.39 is 24.4 Å². The van der Waals surface area contributed by atoms with Crippen LogP contribution in [0, 0.1) is 27.7 Å².